The van der Waals surface area contributed by atoms with Gasteiger partial charge in [-0.3, -0.25) is 0 Å². The minimum absolute atomic E-state index is 0.235. The molecule has 74 valence electrons. The summed E-state index contributed by atoms with van der Waals surface area (Å²) in [6.07, 6.45) is 2.59. The number of nitrogens with zero attached hydrogens (tertiary/aromatic N) is 1. The number of hydrogen-bond acceptors (Lipinski definition) is 5. The zero-order valence-electron chi connectivity index (χ0n) is 7.62. The summed E-state index contributed by atoms with van der Waals surface area (Å²) >= 11 is 1.53. The van der Waals surface area contributed by atoms with Gasteiger partial charge >= 0.3 is 0 Å². The minimum atomic E-state index is 0.235. The van der Waals surface area contributed by atoms with Crippen LogP contribution in [-0.2, 0) is 6.54 Å². The summed E-state index contributed by atoms with van der Waals surface area (Å²) < 4.78 is 4.96. The molecular weight excluding hydrogens is 188 g/mol. The first-order valence-corrected chi connectivity index (χ1v) is 4.98. The summed E-state index contributed by atoms with van der Waals surface area (Å²) in [5.41, 5.74) is 0. The molecule has 1 aromatic heterocycles. The Morgan fingerprint density at radius 1 is 1.69 bits per heavy atom. The highest BCUT2D eigenvalue weighted by molar-refractivity contribution is 7.13. The number of rotatable bonds is 6. The van der Waals surface area contributed by atoms with Crippen molar-refractivity contribution in [3.63, 3.8) is 0 Å². The van der Waals surface area contributed by atoms with Crippen LogP contribution < -0.4 is 10.1 Å². The Balaban J connectivity index is 2.20. The van der Waals surface area contributed by atoms with Crippen LogP contribution in [0.4, 0.5) is 0 Å². The zero-order valence-corrected chi connectivity index (χ0v) is 8.43. The predicted octanol–water partition coefficient (Wildman–Crippen LogP) is 0.624. The molecule has 0 aliphatic carbocycles. The molecule has 0 aromatic carbocycles. The second-order valence-electron chi connectivity index (χ2n) is 2.55. The fraction of sp³-hybridized carbons (Fsp3) is 0.625. The van der Waals surface area contributed by atoms with E-state index in [1.165, 1.54) is 11.3 Å². The van der Waals surface area contributed by atoms with Crippen LogP contribution in [-0.4, -0.2) is 30.4 Å². The highest BCUT2D eigenvalue weighted by Crippen LogP contribution is 2.19. The monoisotopic (exact) mass is 202 g/mol. The zero-order chi connectivity index (χ0) is 9.52. The van der Waals surface area contributed by atoms with E-state index < -0.39 is 0 Å². The average molecular weight is 202 g/mol. The van der Waals surface area contributed by atoms with Gasteiger partial charge in [0.15, 0.2) is 0 Å². The van der Waals surface area contributed by atoms with Gasteiger partial charge in [0, 0.05) is 24.2 Å². The molecule has 4 nitrogen and oxygen atoms in total. The van der Waals surface area contributed by atoms with Crippen molar-refractivity contribution in [3.8, 4) is 5.19 Å². The van der Waals surface area contributed by atoms with Crippen molar-refractivity contribution in [3.05, 3.63) is 11.1 Å². The Morgan fingerprint density at radius 2 is 2.54 bits per heavy atom. The molecule has 13 heavy (non-hydrogen) atoms. The van der Waals surface area contributed by atoms with Crippen LogP contribution in [0.3, 0.4) is 0 Å². The van der Waals surface area contributed by atoms with E-state index in [4.69, 9.17) is 9.84 Å². The van der Waals surface area contributed by atoms with Crippen molar-refractivity contribution in [1.29, 1.82) is 0 Å². The number of aromatic nitrogens is 1. The predicted molar refractivity (Wildman–Crippen MR) is 52.1 cm³/mol. The van der Waals surface area contributed by atoms with Gasteiger partial charge in [0.2, 0.25) is 0 Å². The fourth-order valence-corrected chi connectivity index (χ4v) is 1.57. The first-order valence-electron chi connectivity index (χ1n) is 4.17. The van der Waals surface area contributed by atoms with Gasteiger partial charge in [0.1, 0.15) is 0 Å². The van der Waals surface area contributed by atoms with Crippen LogP contribution in [0.1, 0.15) is 11.3 Å². The molecule has 0 radical (unpaired) electrons. The van der Waals surface area contributed by atoms with Crippen LogP contribution in [0.15, 0.2) is 6.20 Å². The number of hydrogen-bond donors (Lipinski definition) is 2. The molecule has 0 amide bonds. The van der Waals surface area contributed by atoms with Gasteiger partial charge in [0.25, 0.3) is 5.19 Å². The smallest absolute Gasteiger partial charge is 0.273 e. The van der Waals surface area contributed by atoms with E-state index in [0.29, 0.717) is 5.19 Å². The Morgan fingerprint density at radius 3 is 3.15 bits per heavy atom. The Hall–Kier alpha value is -0.650. The van der Waals surface area contributed by atoms with E-state index in [9.17, 15) is 0 Å². The van der Waals surface area contributed by atoms with Crippen molar-refractivity contribution in [2.45, 2.75) is 13.0 Å². The Labute approximate surface area is 81.6 Å². The van der Waals surface area contributed by atoms with Gasteiger partial charge in [-0.05, 0) is 13.0 Å². The molecule has 1 heterocycles. The van der Waals surface area contributed by atoms with Crippen LogP contribution in [0.25, 0.3) is 0 Å². The third-order valence-corrected chi connectivity index (χ3v) is 2.48. The summed E-state index contributed by atoms with van der Waals surface area (Å²) in [5.74, 6) is 0. The molecule has 0 fully saturated rings. The van der Waals surface area contributed by atoms with E-state index in [0.717, 1.165) is 24.4 Å². The van der Waals surface area contributed by atoms with Crippen LogP contribution in [0.5, 0.6) is 5.19 Å². The van der Waals surface area contributed by atoms with Crippen LogP contribution in [0, 0.1) is 0 Å². The van der Waals surface area contributed by atoms with Crippen molar-refractivity contribution >= 4 is 11.3 Å². The normalized spacial score (nSPS) is 10.3. The first-order chi connectivity index (χ1) is 6.36. The third kappa shape index (κ3) is 3.71. The molecule has 0 atom stereocenters. The lowest BCUT2D eigenvalue weighted by molar-refractivity contribution is 0.286. The molecule has 1 rings (SSSR count). The maximum absolute atomic E-state index is 8.54. The van der Waals surface area contributed by atoms with Gasteiger partial charge in [-0.1, -0.05) is 11.3 Å². The summed E-state index contributed by atoms with van der Waals surface area (Å²) in [6.45, 7) is 1.86. The number of thiazole rings is 1. The largest absolute Gasteiger partial charge is 0.473 e. The molecule has 0 unspecified atom stereocenters. The van der Waals surface area contributed by atoms with E-state index in [-0.39, 0.29) is 6.61 Å². The number of nitrogens with one attached hydrogen (secondary N) is 1. The summed E-state index contributed by atoms with van der Waals surface area (Å²) in [4.78, 5) is 5.19. The molecular formula is C8H14N2O2S. The molecule has 2 N–H and O–H groups in total. The van der Waals surface area contributed by atoms with Gasteiger partial charge in [-0.25, -0.2) is 4.98 Å². The number of methoxy groups -OCH3 is 1. The summed E-state index contributed by atoms with van der Waals surface area (Å²) in [6, 6.07) is 0. The second kappa shape index (κ2) is 5.90. The van der Waals surface area contributed by atoms with Crippen LogP contribution in [0.2, 0.25) is 0 Å². The number of ether oxygens (including phenoxy) is 1. The lowest BCUT2D eigenvalue weighted by Gasteiger charge is -1.99. The van der Waals surface area contributed by atoms with Crippen LogP contribution >= 0.6 is 11.3 Å². The topological polar surface area (TPSA) is 54.4 Å². The minimum Gasteiger partial charge on any atom is -0.473 e. The van der Waals surface area contributed by atoms with Gasteiger partial charge in [0.05, 0.1) is 7.11 Å². The SMILES string of the molecule is COc1ncc(CNCCCO)s1. The Bertz CT molecular complexity index is 240. The highest BCUT2D eigenvalue weighted by Gasteiger charge is 1.99. The summed E-state index contributed by atoms with van der Waals surface area (Å²) in [7, 11) is 1.61. The molecule has 0 spiro atoms. The Kier molecular flexibility index (Phi) is 4.74. The van der Waals surface area contributed by atoms with Crippen molar-refractivity contribution < 1.29 is 9.84 Å². The first kappa shape index (κ1) is 10.4. The van der Waals surface area contributed by atoms with Crippen molar-refractivity contribution in [2.75, 3.05) is 20.3 Å². The van der Waals surface area contributed by atoms with Gasteiger partial charge < -0.3 is 15.2 Å². The van der Waals surface area contributed by atoms with E-state index >= 15 is 0 Å². The molecule has 1 aromatic rings. The quantitative estimate of drug-likeness (QED) is 0.664. The third-order valence-electron chi connectivity index (χ3n) is 1.52. The molecule has 0 bridgehead atoms. The lowest BCUT2D eigenvalue weighted by Crippen LogP contribution is -2.14. The standard InChI is InChI=1S/C8H14N2O2S/c1-12-8-10-6-7(13-8)5-9-3-2-4-11/h6,9,11H,2-5H2,1H3. The molecule has 0 saturated carbocycles. The maximum atomic E-state index is 8.54. The van der Waals surface area contributed by atoms with Crippen molar-refractivity contribution in [2.24, 2.45) is 0 Å². The van der Waals surface area contributed by atoms with Gasteiger partial charge in [-0.15, -0.1) is 0 Å². The second-order valence-corrected chi connectivity index (χ2v) is 3.63. The molecule has 0 aliphatic rings. The van der Waals surface area contributed by atoms with E-state index in [2.05, 4.69) is 10.3 Å². The van der Waals surface area contributed by atoms with Gasteiger partial charge in [-0.2, -0.15) is 0 Å². The number of aliphatic hydroxyl groups excluding tert-OH is 1. The molecule has 0 aliphatic heterocycles. The lowest BCUT2D eigenvalue weighted by atomic mass is 10.4. The maximum Gasteiger partial charge on any atom is 0.273 e. The van der Waals surface area contributed by atoms with E-state index in [1.807, 2.05) is 0 Å². The molecule has 5 heteroatoms. The average Bonchev–Trinajstić information content (AvgIpc) is 2.60. The fourth-order valence-electron chi connectivity index (χ4n) is 0.881. The highest BCUT2D eigenvalue weighted by atomic mass is 32.1. The van der Waals surface area contributed by atoms with E-state index in [1.54, 1.807) is 13.3 Å². The number of aliphatic hydroxyl groups is 1. The molecule has 0 saturated heterocycles. The summed E-state index contributed by atoms with van der Waals surface area (Å²) in [5, 5.41) is 12.4. The van der Waals surface area contributed by atoms with Crippen molar-refractivity contribution in [1.82, 2.24) is 10.3 Å².